The maximum Gasteiger partial charge on any atom is 0.320 e. The maximum absolute atomic E-state index is 15.0. The fourth-order valence-electron chi connectivity index (χ4n) is 5.10. The average Bonchev–Trinajstić information content (AvgIpc) is 3.72. The third-order valence-electron chi connectivity index (χ3n) is 7.81. The molecular weight excluding hydrogens is 621 g/mol. The number of carbonyl (C=O) groups excluding carboxylic acids is 3. The Balaban J connectivity index is 0.000000807. The molecule has 1 aliphatic heterocycles. The highest BCUT2D eigenvalue weighted by Gasteiger charge is 2.27. The number of Topliss-reactive ketones (excluding diaryl/α,β-unsaturated/α-hetero) is 1. The van der Waals surface area contributed by atoms with Gasteiger partial charge in [0.15, 0.2) is 11.6 Å². The highest BCUT2D eigenvalue weighted by atomic mass is 32.1. The molecule has 47 heavy (non-hydrogen) atoms. The van der Waals surface area contributed by atoms with E-state index in [2.05, 4.69) is 20.2 Å². The number of rotatable bonds is 14. The van der Waals surface area contributed by atoms with Gasteiger partial charge in [-0.1, -0.05) is 12.1 Å². The van der Waals surface area contributed by atoms with Crippen LogP contribution < -0.4 is 10.1 Å². The van der Waals surface area contributed by atoms with E-state index < -0.39 is 5.82 Å². The summed E-state index contributed by atoms with van der Waals surface area (Å²) >= 11 is 1.48. The lowest BCUT2D eigenvalue weighted by atomic mass is 10.0. The Kier molecular flexibility index (Phi) is 11.9. The van der Waals surface area contributed by atoms with Crippen molar-refractivity contribution in [2.45, 2.75) is 52.1 Å². The molecule has 12 heteroatoms. The van der Waals surface area contributed by atoms with E-state index in [0.717, 1.165) is 52.3 Å². The number of thiophene rings is 1. The van der Waals surface area contributed by atoms with E-state index in [-0.39, 0.29) is 36.5 Å². The van der Waals surface area contributed by atoms with Crippen LogP contribution in [0.2, 0.25) is 0 Å². The summed E-state index contributed by atoms with van der Waals surface area (Å²) in [5, 5.41) is 3.26. The molecule has 0 unspecified atom stereocenters. The highest BCUT2D eigenvalue weighted by Crippen LogP contribution is 2.39. The molecule has 1 saturated heterocycles. The molecule has 0 bridgehead atoms. The van der Waals surface area contributed by atoms with Gasteiger partial charge in [-0.15, -0.1) is 11.3 Å². The van der Waals surface area contributed by atoms with Crippen molar-refractivity contribution in [3.8, 4) is 22.1 Å². The standard InChI is InChI=1S/C32H33FN4O4S.C3H5NO/c1-2-40-31(39)19-37(23-16-34-17-23)18-22-5-7-26(36-15-22)30-14-27-32(42-30)29(9-10-35-27)41-28-8-6-21(13-25(28)33)12-24(38)11-20-3-4-20;1-2-4-3-5/h5-10,13-15,20,23,34H,2-4,11-12,16-19H2,1H3;2H2,1H3. The predicted molar refractivity (Wildman–Crippen MR) is 178 cm³/mol. The van der Waals surface area contributed by atoms with E-state index in [0.29, 0.717) is 43.3 Å². The number of pyridine rings is 2. The maximum atomic E-state index is 15.0. The number of nitrogens with zero attached hydrogens (tertiary/aromatic N) is 4. The van der Waals surface area contributed by atoms with Crippen molar-refractivity contribution < 1.29 is 28.2 Å². The number of halogens is 1. The van der Waals surface area contributed by atoms with Gasteiger partial charge in [0, 0.05) is 63.5 Å². The first-order chi connectivity index (χ1) is 22.9. The van der Waals surface area contributed by atoms with Crippen molar-refractivity contribution in [2.24, 2.45) is 10.9 Å². The number of isocyanates is 1. The number of hydrogen-bond acceptors (Lipinski definition) is 11. The van der Waals surface area contributed by atoms with Crippen LogP contribution in [-0.4, -0.2) is 71.5 Å². The Bertz CT molecular complexity index is 1730. The summed E-state index contributed by atoms with van der Waals surface area (Å²) in [5.41, 5.74) is 3.19. The molecule has 3 aromatic heterocycles. The minimum Gasteiger partial charge on any atom is -0.465 e. The first-order valence-corrected chi connectivity index (χ1v) is 16.6. The zero-order valence-corrected chi connectivity index (χ0v) is 27.4. The highest BCUT2D eigenvalue weighted by molar-refractivity contribution is 7.22. The van der Waals surface area contributed by atoms with Crippen LogP contribution in [0.4, 0.5) is 4.39 Å². The van der Waals surface area contributed by atoms with E-state index in [9.17, 15) is 14.0 Å². The van der Waals surface area contributed by atoms with Crippen molar-refractivity contribution in [1.82, 2.24) is 20.2 Å². The van der Waals surface area contributed by atoms with Gasteiger partial charge in [-0.05, 0) is 68.0 Å². The van der Waals surface area contributed by atoms with Crippen LogP contribution in [-0.2, 0) is 32.1 Å². The topological polar surface area (TPSA) is 123 Å². The first-order valence-electron chi connectivity index (χ1n) is 15.8. The van der Waals surface area contributed by atoms with Crippen molar-refractivity contribution in [3.05, 3.63) is 71.8 Å². The second kappa shape index (κ2) is 16.5. The van der Waals surface area contributed by atoms with Gasteiger partial charge in [0.25, 0.3) is 0 Å². The minimum atomic E-state index is -0.500. The number of fused-ring (bicyclic) bond motifs is 1. The van der Waals surface area contributed by atoms with Crippen LogP contribution in [0, 0.1) is 11.7 Å². The predicted octanol–water partition coefficient (Wildman–Crippen LogP) is 5.88. The van der Waals surface area contributed by atoms with Crippen LogP contribution in [0.15, 0.2) is 59.9 Å². The summed E-state index contributed by atoms with van der Waals surface area (Å²) in [5.74, 6) is 0.560. The van der Waals surface area contributed by atoms with E-state index in [1.807, 2.05) is 31.3 Å². The summed E-state index contributed by atoms with van der Waals surface area (Å²) in [6, 6.07) is 12.7. The van der Waals surface area contributed by atoms with Crippen molar-refractivity contribution in [2.75, 3.05) is 32.8 Å². The van der Waals surface area contributed by atoms with E-state index >= 15 is 0 Å². The van der Waals surface area contributed by atoms with E-state index in [4.69, 9.17) is 19.3 Å². The fraction of sp³-hybridized carbons (Fsp3) is 0.400. The Morgan fingerprint density at radius 1 is 1.09 bits per heavy atom. The largest absolute Gasteiger partial charge is 0.465 e. The lowest BCUT2D eigenvalue weighted by molar-refractivity contribution is -0.145. The molecule has 4 aromatic rings. The molecule has 0 radical (unpaired) electrons. The number of esters is 1. The van der Waals surface area contributed by atoms with Crippen molar-refractivity contribution in [3.63, 3.8) is 0 Å². The van der Waals surface area contributed by atoms with Gasteiger partial charge in [-0.3, -0.25) is 24.5 Å². The van der Waals surface area contributed by atoms with Crippen LogP contribution >= 0.6 is 11.3 Å². The Morgan fingerprint density at radius 2 is 1.89 bits per heavy atom. The van der Waals surface area contributed by atoms with Gasteiger partial charge >= 0.3 is 5.97 Å². The van der Waals surface area contributed by atoms with Crippen LogP contribution in [0.25, 0.3) is 20.8 Å². The fourth-order valence-corrected chi connectivity index (χ4v) is 6.14. The molecular formula is C35H38FN5O5S. The number of ether oxygens (including phenoxy) is 2. The molecule has 2 aliphatic rings. The Hall–Kier alpha value is -4.35. The van der Waals surface area contributed by atoms with Gasteiger partial charge in [0.1, 0.15) is 11.5 Å². The lowest BCUT2D eigenvalue weighted by Crippen LogP contribution is -2.57. The Labute approximate surface area is 277 Å². The molecule has 1 aliphatic carbocycles. The molecule has 0 spiro atoms. The molecule has 1 N–H and O–H groups in total. The van der Waals surface area contributed by atoms with Gasteiger partial charge in [-0.25, -0.2) is 14.2 Å². The molecule has 0 atom stereocenters. The van der Waals surface area contributed by atoms with Crippen LogP contribution in [0.5, 0.6) is 11.5 Å². The number of carbonyl (C=O) groups is 2. The normalized spacial score (nSPS) is 14.1. The summed E-state index contributed by atoms with van der Waals surface area (Å²) in [4.78, 5) is 48.8. The number of aromatic nitrogens is 2. The second-order valence-corrected chi connectivity index (χ2v) is 12.6. The lowest BCUT2D eigenvalue weighted by Gasteiger charge is -2.37. The second-order valence-electron chi connectivity index (χ2n) is 11.5. The van der Waals surface area contributed by atoms with Crippen LogP contribution in [0.3, 0.4) is 0 Å². The molecule has 246 valence electrons. The summed E-state index contributed by atoms with van der Waals surface area (Å²) in [6.45, 7) is 7.04. The molecule has 1 saturated carbocycles. The molecule has 1 aromatic carbocycles. The number of aliphatic imine (C=N–C) groups is 1. The van der Waals surface area contributed by atoms with Gasteiger partial charge < -0.3 is 14.8 Å². The third kappa shape index (κ3) is 9.59. The molecule has 2 fully saturated rings. The molecule has 0 amide bonds. The quantitative estimate of drug-likeness (QED) is 0.100. The van der Waals surface area contributed by atoms with Crippen molar-refractivity contribution >= 4 is 39.4 Å². The number of benzene rings is 1. The smallest absolute Gasteiger partial charge is 0.320 e. The van der Waals surface area contributed by atoms with Crippen molar-refractivity contribution in [1.29, 1.82) is 0 Å². The minimum absolute atomic E-state index is 0.104. The van der Waals surface area contributed by atoms with Crippen LogP contribution in [0.1, 0.15) is 44.2 Å². The van der Waals surface area contributed by atoms with Gasteiger partial charge in [-0.2, -0.15) is 0 Å². The monoisotopic (exact) mass is 659 g/mol. The summed E-state index contributed by atoms with van der Waals surface area (Å²) in [6.07, 6.45) is 7.93. The van der Waals surface area contributed by atoms with Gasteiger partial charge in [0.2, 0.25) is 6.08 Å². The SMILES string of the molecule is CCN=C=O.CCOC(=O)CN(Cc1ccc(-c2cc3nccc(Oc4ccc(CC(=O)CC5CC5)cc4F)c3s2)nc1)C1CNC1. The Morgan fingerprint density at radius 3 is 2.51 bits per heavy atom. The molecule has 10 nitrogen and oxygen atoms in total. The third-order valence-corrected chi connectivity index (χ3v) is 8.97. The zero-order chi connectivity index (χ0) is 33.2. The van der Waals surface area contributed by atoms with E-state index in [1.165, 1.54) is 23.5 Å². The van der Waals surface area contributed by atoms with E-state index in [1.54, 1.807) is 31.3 Å². The number of hydrogen-bond donors (Lipinski definition) is 1. The average molecular weight is 660 g/mol. The molecule has 6 rings (SSSR count). The zero-order valence-electron chi connectivity index (χ0n) is 26.5. The number of ketones is 1. The van der Waals surface area contributed by atoms with Gasteiger partial charge in [0.05, 0.1) is 33.9 Å². The molecule has 4 heterocycles. The first kappa shape index (κ1) is 34.0. The number of nitrogens with one attached hydrogen (secondary N) is 1. The summed E-state index contributed by atoms with van der Waals surface area (Å²) in [7, 11) is 0. The summed E-state index contributed by atoms with van der Waals surface area (Å²) < 4.78 is 26.9.